The number of aliphatic hydroxyl groups excluding tert-OH is 1. The van der Waals surface area contributed by atoms with Crippen molar-refractivity contribution in [2.24, 2.45) is 5.92 Å². The average Bonchev–Trinajstić information content (AvgIpc) is 3.13. The number of ether oxygens (including phenoxy) is 1. The first kappa shape index (κ1) is 12.1. The number of aliphatic hydroxyl groups is 1. The lowest BCUT2D eigenvalue weighted by Crippen LogP contribution is -2.11. The molecule has 1 heterocycles. The highest BCUT2D eigenvalue weighted by Crippen LogP contribution is 2.47. The molecule has 0 bridgehead atoms. The Morgan fingerprint density at radius 2 is 1.45 bits per heavy atom. The zero-order valence-electron chi connectivity index (χ0n) is 11.3. The Balaban J connectivity index is 1.52. The summed E-state index contributed by atoms with van der Waals surface area (Å²) in [6.45, 7) is 0. The lowest BCUT2D eigenvalue weighted by molar-refractivity contribution is 0.0866. The van der Waals surface area contributed by atoms with Gasteiger partial charge in [0.1, 0.15) is 0 Å². The van der Waals surface area contributed by atoms with Crippen molar-refractivity contribution in [3.63, 3.8) is 0 Å². The molecule has 1 saturated heterocycles. The van der Waals surface area contributed by atoms with E-state index >= 15 is 0 Å². The predicted molar refractivity (Wildman–Crippen MR) is 78.2 cm³/mol. The first-order valence-corrected chi connectivity index (χ1v) is 7.30. The van der Waals surface area contributed by atoms with Gasteiger partial charge in [-0.3, -0.25) is 0 Å². The van der Waals surface area contributed by atoms with Crippen molar-refractivity contribution >= 4 is 0 Å². The Bertz CT molecular complexity index is 581. The SMILES string of the molecule is O[C@H](c1ccc(-c2ccccc2)cc1)C1C[C@@H]2O[C@@H]2C1. The molecule has 4 atom stereocenters. The smallest absolute Gasteiger partial charge is 0.0845 e. The molecule has 4 rings (SSSR count). The van der Waals surface area contributed by atoms with Crippen molar-refractivity contribution in [2.45, 2.75) is 31.2 Å². The summed E-state index contributed by atoms with van der Waals surface area (Å²) < 4.78 is 5.43. The second-order valence-electron chi connectivity index (χ2n) is 5.88. The third-order valence-corrected chi connectivity index (χ3v) is 4.56. The summed E-state index contributed by atoms with van der Waals surface area (Å²) in [4.78, 5) is 0. The largest absolute Gasteiger partial charge is 0.388 e. The molecule has 2 aromatic rings. The minimum atomic E-state index is -0.351. The van der Waals surface area contributed by atoms with E-state index in [4.69, 9.17) is 4.74 Å². The van der Waals surface area contributed by atoms with Crippen molar-refractivity contribution < 1.29 is 9.84 Å². The molecule has 2 aliphatic rings. The number of hydrogen-bond donors (Lipinski definition) is 1. The fourth-order valence-corrected chi connectivity index (χ4v) is 3.32. The predicted octanol–water partition coefficient (Wildman–Crippen LogP) is 3.56. The van der Waals surface area contributed by atoms with Gasteiger partial charge in [0, 0.05) is 0 Å². The van der Waals surface area contributed by atoms with E-state index in [1.165, 1.54) is 11.1 Å². The van der Waals surface area contributed by atoms with Crippen molar-refractivity contribution in [2.75, 3.05) is 0 Å². The summed E-state index contributed by atoms with van der Waals surface area (Å²) in [6, 6.07) is 18.6. The molecule has 2 fully saturated rings. The number of benzene rings is 2. The van der Waals surface area contributed by atoms with Crippen LogP contribution in [0.4, 0.5) is 0 Å². The first-order valence-electron chi connectivity index (χ1n) is 7.30. The molecular weight excluding hydrogens is 248 g/mol. The van der Waals surface area contributed by atoms with Gasteiger partial charge < -0.3 is 9.84 Å². The van der Waals surface area contributed by atoms with Crippen LogP contribution in [0.5, 0.6) is 0 Å². The highest BCUT2D eigenvalue weighted by atomic mass is 16.6. The van der Waals surface area contributed by atoms with Gasteiger partial charge in [0.25, 0.3) is 0 Å². The summed E-state index contributed by atoms with van der Waals surface area (Å²) in [5, 5.41) is 10.5. The summed E-state index contributed by atoms with van der Waals surface area (Å²) >= 11 is 0. The zero-order valence-corrected chi connectivity index (χ0v) is 11.3. The van der Waals surface area contributed by atoms with Crippen LogP contribution in [-0.2, 0) is 4.74 Å². The molecule has 2 nitrogen and oxygen atoms in total. The minimum Gasteiger partial charge on any atom is -0.388 e. The number of epoxide rings is 1. The van der Waals surface area contributed by atoms with Crippen molar-refractivity contribution in [3.05, 3.63) is 60.2 Å². The van der Waals surface area contributed by atoms with Gasteiger partial charge in [-0.25, -0.2) is 0 Å². The Morgan fingerprint density at radius 3 is 2.10 bits per heavy atom. The van der Waals surface area contributed by atoms with Crippen LogP contribution in [0.25, 0.3) is 11.1 Å². The monoisotopic (exact) mass is 266 g/mol. The van der Waals surface area contributed by atoms with Gasteiger partial charge in [-0.2, -0.15) is 0 Å². The molecule has 1 N–H and O–H groups in total. The first-order chi connectivity index (χ1) is 9.81. The van der Waals surface area contributed by atoms with Crippen molar-refractivity contribution in [1.82, 2.24) is 0 Å². The summed E-state index contributed by atoms with van der Waals surface area (Å²) in [7, 11) is 0. The Morgan fingerprint density at radius 1 is 0.850 bits per heavy atom. The lowest BCUT2D eigenvalue weighted by Gasteiger charge is -2.19. The Kier molecular flexibility index (Phi) is 2.86. The van der Waals surface area contributed by atoms with Crippen LogP contribution in [0.2, 0.25) is 0 Å². The van der Waals surface area contributed by atoms with Gasteiger partial charge in [-0.1, -0.05) is 54.6 Å². The molecule has 0 radical (unpaired) electrons. The molecular formula is C18H18O2. The summed E-state index contributed by atoms with van der Waals surface area (Å²) in [5.74, 6) is 0.362. The zero-order chi connectivity index (χ0) is 13.5. The summed E-state index contributed by atoms with van der Waals surface area (Å²) in [6.07, 6.45) is 2.52. The molecule has 1 unspecified atom stereocenters. The van der Waals surface area contributed by atoms with Crippen LogP contribution in [0.15, 0.2) is 54.6 Å². The summed E-state index contributed by atoms with van der Waals surface area (Å²) in [5.41, 5.74) is 3.43. The molecule has 102 valence electrons. The van der Waals surface area contributed by atoms with Gasteiger partial charge in [-0.15, -0.1) is 0 Å². The van der Waals surface area contributed by atoms with Crippen LogP contribution in [0.1, 0.15) is 24.5 Å². The highest BCUT2D eigenvalue weighted by molar-refractivity contribution is 5.63. The lowest BCUT2D eigenvalue weighted by atomic mass is 9.92. The fourth-order valence-electron chi connectivity index (χ4n) is 3.32. The fraction of sp³-hybridized carbons (Fsp3) is 0.333. The molecule has 0 spiro atoms. The number of fused-ring (bicyclic) bond motifs is 1. The van der Waals surface area contributed by atoms with Crippen molar-refractivity contribution in [1.29, 1.82) is 0 Å². The maximum absolute atomic E-state index is 10.5. The molecule has 2 aromatic carbocycles. The molecule has 0 aromatic heterocycles. The van der Waals surface area contributed by atoms with Crippen LogP contribution in [-0.4, -0.2) is 17.3 Å². The van der Waals surface area contributed by atoms with Crippen LogP contribution in [0.3, 0.4) is 0 Å². The second kappa shape index (κ2) is 4.72. The van der Waals surface area contributed by atoms with E-state index in [0.717, 1.165) is 18.4 Å². The van der Waals surface area contributed by atoms with E-state index in [0.29, 0.717) is 18.1 Å². The van der Waals surface area contributed by atoms with Gasteiger partial charge in [0.15, 0.2) is 0 Å². The maximum Gasteiger partial charge on any atom is 0.0845 e. The van der Waals surface area contributed by atoms with Crippen LogP contribution < -0.4 is 0 Å². The van der Waals surface area contributed by atoms with E-state index in [2.05, 4.69) is 36.4 Å². The molecule has 1 saturated carbocycles. The molecule has 2 heteroatoms. The van der Waals surface area contributed by atoms with E-state index in [1.54, 1.807) is 0 Å². The number of rotatable bonds is 3. The maximum atomic E-state index is 10.5. The molecule has 0 amide bonds. The van der Waals surface area contributed by atoms with Gasteiger partial charge in [-0.05, 0) is 35.4 Å². The normalized spacial score (nSPS) is 28.9. The molecule has 20 heavy (non-hydrogen) atoms. The molecule has 1 aliphatic carbocycles. The van der Waals surface area contributed by atoms with Gasteiger partial charge in [0.2, 0.25) is 0 Å². The van der Waals surface area contributed by atoms with E-state index in [1.807, 2.05) is 18.2 Å². The Hall–Kier alpha value is -1.64. The van der Waals surface area contributed by atoms with E-state index in [-0.39, 0.29) is 6.10 Å². The highest BCUT2D eigenvalue weighted by Gasteiger charge is 2.49. The van der Waals surface area contributed by atoms with Gasteiger partial charge >= 0.3 is 0 Å². The number of hydrogen-bond acceptors (Lipinski definition) is 2. The van der Waals surface area contributed by atoms with E-state index in [9.17, 15) is 5.11 Å². The van der Waals surface area contributed by atoms with E-state index < -0.39 is 0 Å². The second-order valence-corrected chi connectivity index (χ2v) is 5.88. The Labute approximate surface area is 119 Å². The third-order valence-electron chi connectivity index (χ3n) is 4.56. The topological polar surface area (TPSA) is 32.8 Å². The average molecular weight is 266 g/mol. The van der Waals surface area contributed by atoms with Crippen molar-refractivity contribution in [3.8, 4) is 11.1 Å². The van der Waals surface area contributed by atoms with Crippen LogP contribution >= 0.6 is 0 Å². The third kappa shape index (κ3) is 2.15. The standard InChI is InChI=1S/C18H18O2/c19-18(15-10-16-17(11-15)20-16)14-8-6-13(7-9-14)12-4-2-1-3-5-12/h1-9,15-19H,10-11H2/t15?,16-,17+,18-/m1/s1. The van der Waals surface area contributed by atoms with Gasteiger partial charge in [0.05, 0.1) is 18.3 Å². The quantitative estimate of drug-likeness (QED) is 0.861. The molecule has 1 aliphatic heterocycles. The van der Waals surface area contributed by atoms with Crippen LogP contribution in [0, 0.1) is 5.92 Å². The minimum absolute atomic E-state index is 0.351.